The second-order valence-corrected chi connectivity index (χ2v) is 10.2. The quantitative estimate of drug-likeness (QED) is 0.379. The Morgan fingerprint density at radius 3 is 2.81 bits per heavy atom. The minimum Gasteiger partial charge on any atom is -0.487 e. The molecule has 4 rings (SSSR count). The molecule has 1 amide bonds. The van der Waals surface area contributed by atoms with E-state index >= 15 is 0 Å². The number of halogens is 1. The first-order valence-corrected chi connectivity index (χ1v) is 13.1. The molecule has 1 saturated heterocycles. The molecule has 0 aliphatic carbocycles. The monoisotopic (exact) mass is 534 g/mol. The van der Waals surface area contributed by atoms with Gasteiger partial charge in [-0.3, -0.25) is 9.59 Å². The highest BCUT2D eigenvalue weighted by molar-refractivity contribution is 7.89. The average molecular weight is 535 g/mol. The number of nitrogens with zero attached hydrogens (tertiary/aromatic N) is 2. The van der Waals surface area contributed by atoms with Crippen molar-refractivity contribution in [3.8, 4) is 5.75 Å². The van der Waals surface area contributed by atoms with Crippen molar-refractivity contribution in [1.82, 2.24) is 14.3 Å². The van der Waals surface area contributed by atoms with Gasteiger partial charge in [0.25, 0.3) is 0 Å². The molecule has 0 bridgehead atoms. The number of rotatable bonds is 10. The molecule has 1 aliphatic heterocycles. The van der Waals surface area contributed by atoms with Gasteiger partial charge in [0.05, 0.1) is 36.4 Å². The number of imidazole rings is 1. The fourth-order valence-corrected chi connectivity index (χ4v) is 5.37. The van der Waals surface area contributed by atoms with E-state index in [9.17, 15) is 22.4 Å². The Bertz CT molecular complexity index is 1430. The highest BCUT2D eigenvalue weighted by atomic mass is 32.2. The molecule has 2 heterocycles. The fraction of sp³-hybridized carbons (Fsp3) is 0.375. The Morgan fingerprint density at radius 1 is 1.30 bits per heavy atom. The van der Waals surface area contributed by atoms with Gasteiger partial charge in [-0.05, 0) is 38.1 Å². The number of benzene rings is 2. The van der Waals surface area contributed by atoms with Gasteiger partial charge in [0.15, 0.2) is 0 Å². The highest BCUT2D eigenvalue weighted by Gasteiger charge is 2.39. The zero-order valence-electron chi connectivity index (χ0n) is 20.4. The summed E-state index contributed by atoms with van der Waals surface area (Å²) < 4.78 is 60.9. The van der Waals surface area contributed by atoms with E-state index in [-0.39, 0.29) is 36.1 Å². The number of cyclic esters (lactones) is 1. The van der Waals surface area contributed by atoms with E-state index in [2.05, 4.69) is 15.0 Å². The summed E-state index contributed by atoms with van der Waals surface area (Å²) in [5.74, 6) is -1.34. The molecule has 37 heavy (non-hydrogen) atoms. The summed E-state index contributed by atoms with van der Waals surface area (Å²) in [6, 6.07) is 7.46. The molecule has 13 heteroatoms. The summed E-state index contributed by atoms with van der Waals surface area (Å²) >= 11 is 0. The molecule has 2 aromatic carbocycles. The van der Waals surface area contributed by atoms with Crippen molar-refractivity contribution in [1.29, 1.82) is 0 Å². The molecule has 2 N–H and O–H groups in total. The lowest BCUT2D eigenvalue weighted by Crippen LogP contribution is -2.41. The minimum absolute atomic E-state index is 0.0140. The number of carbonyl (C=O) groups excluding carboxylic acids is 2. The number of anilines is 1. The van der Waals surface area contributed by atoms with Gasteiger partial charge in [-0.1, -0.05) is 0 Å². The van der Waals surface area contributed by atoms with E-state index in [0.717, 1.165) is 0 Å². The molecular weight excluding hydrogens is 507 g/mol. The largest absolute Gasteiger partial charge is 0.487 e. The summed E-state index contributed by atoms with van der Waals surface area (Å²) in [4.78, 5) is 27.3. The van der Waals surface area contributed by atoms with Crippen LogP contribution in [0.2, 0.25) is 0 Å². The second-order valence-electron chi connectivity index (χ2n) is 8.55. The lowest BCUT2D eigenvalue weighted by Gasteiger charge is -2.22. The Morgan fingerprint density at radius 2 is 2.08 bits per heavy atom. The van der Waals surface area contributed by atoms with E-state index < -0.39 is 40.2 Å². The first-order chi connectivity index (χ1) is 17.6. The number of carbonyl (C=O) groups is 2. The molecule has 0 saturated carbocycles. The predicted molar refractivity (Wildman–Crippen MR) is 131 cm³/mol. The van der Waals surface area contributed by atoms with Gasteiger partial charge in [0.1, 0.15) is 22.6 Å². The van der Waals surface area contributed by atoms with Crippen LogP contribution >= 0.6 is 0 Å². The van der Waals surface area contributed by atoms with Crippen LogP contribution in [0.15, 0.2) is 47.6 Å². The van der Waals surface area contributed by atoms with Crippen molar-refractivity contribution >= 4 is 38.6 Å². The first kappa shape index (κ1) is 26.5. The maximum absolute atomic E-state index is 13.5. The van der Waals surface area contributed by atoms with Crippen LogP contribution in [0, 0.1) is 5.82 Å². The van der Waals surface area contributed by atoms with E-state index in [0.29, 0.717) is 16.7 Å². The highest BCUT2D eigenvalue weighted by Crippen LogP contribution is 2.30. The van der Waals surface area contributed by atoms with Crippen LogP contribution in [0.4, 0.5) is 10.1 Å². The van der Waals surface area contributed by atoms with Crippen LogP contribution in [0.1, 0.15) is 27.2 Å². The molecule has 3 atom stereocenters. The number of hydrogen-bond acceptors (Lipinski definition) is 8. The summed E-state index contributed by atoms with van der Waals surface area (Å²) in [5.41, 5.74) is 1.50. The Kier molecular flexibility index (Phi) is 7.76. The van der Waals surface area contributed by atoms with Gasteiger partial charge in [-0.25, -0.2) is 22.5 Å². The lowest BCUT2D eigenvalue weighted by atomic mass is 10.2. The fourth-order valence-electron chi connectivity index (χ4n) is 4.03. The van der Waals surface area contributed by atoms with E-state index in [4.69, 9.17) is 14.2 Å². The normalized spacial score (nSPS) is 18.5. The number of fused-ring (bicyclic) bond motifs is 1. The van der Waals surface area contributed by atoms with Crippen LogP contribution in [0.3, 0.4) is 0 Å². The van der Waals surface area contributed by atoms with Gasteiger partial charge in [0.2, 0.25) is 22.2 Å². The lowest BCUT2D eigenvalue weighted by molar-refractivity contribution is -0.163. The second kappa shape index (κ2) is 10.8. The van der Waals surface area contributed by atoms with Crippen molar-refractivity contribution in [2.75, 3.05) is 11.9 Å². The predicted octanol–water partition coefficient (Wildman–Crippen LogP) is 2.56. The molecule has 1 aromatic heterocycles. The Balaban J connectivity index is 1.60. The van der Waals surface area contributed by atoms with E-state index in [1.807, 2.05) is 0 Å². The summed E-state index contributed by atoms with van der Waals surface area (Å²) in [6.45, 7) is 5.26. The van der Waals surface area contributed by atoms with Gasteiger partial charge >= 0.3 is 5.97 Å². The summed E-state index contributed by atoms with van der Waals surface area (Å²) in [5, 5.41) is 2.61. The maximum Gasteiger partial charge on any atom is 0.310 e. The van der Waals surface area contributed by atoms with Gasteiger partial charge in [0, 0.05) is 31.4 Å². The number of aromatic nitrogens is 2. The number of amides is 1. The molecule has 1 fully saturated rings. The van der Waals surface area contributed by atoms with Crippen LogP contribution in [0.25, 0.3) is 11.0 Å². The number of esters is 1. The maximum atomic E-state index is 13.5. The SMILES string of the molecule is CCOC1OC(=O)CC1NS(=O)(=O)c1ccc(NC(C)=O)cc1OC(C)Cn1cnc2cc(F)ccc21. The van der Waals surface area contributed by atoms with Crippen molar-refractivity contribution in [2.45, 2.75) is 57.1 Å². The summed E-state index contributed by atoms with van der Waals surface area (Å²) in [7, 11) is -4.20. The van der Waals surface area contributed by atoms with Crippen LogP contribution in [0.5, 0.6) is 5.75 Å². The zero-order chi connectivity index (χ0) is 26.7. The molecular formula is C24H27FN4O7S. The molecule has 3 unspecified atom stereocenters. The number of ether oxygens (including phenoxy) is 3. The third-order valence-corrected chi connectivity index (χ3v) is 7.05. The third kappa shape index (κ3) is 6.24. The van der Waals surface area contributed by atoms with Crippen molar-refractivity contribution in [3.05, 3.63) is 48.5 Å². The van der Waals surface area contributed by atoms with E-state index in [1.54, 1.807) is 30.8 Å². The van der Waals surface area contributed by atoms with Gasteiger partial charge < -0.3 is 24.1 Å². The average Bonchev–Trinajstić information content (AvgIpc) is 3.35. The van der Waals surface area contributed by atoms with Crippen molar-refractivity contribution < 1.29 is 36.6 Å². The molecule has 3 aromatic rings. The molecule has 1 aliphatic rings. The first-order valence-electron chi connectivity index (χ1n) is 11.6. The smallest absolute Gasteiger partial charge is 0.310 e. The standard InChI is InChI=1S/C24H27FN4O7S/c1-4-34-24-19(11-23(31)36-24)28-37(32,33)22-8-6-17(27-15(3)30)10-21(22)35-14(2)12-29-13-26-18-9-16(25)5-7-20(18)29/h5-10,13-14,19,24,28H,4,11-12H2,1-3H3,(H,27,30). The van der Waals surface area contributed by atoms with Crippen molar-refractivity contribution in [3.63, 3.8) is 0 Å². The Labute approximate surface area is 213 Å². The summed E-state index contributed by atoms with van der Waals surface area (Å²) in [6.07, 6.45) is -0.249. The topological polar surface area (TPSA) is 138 Å². The molecule has 0 spiro atoms. The third-order valence-electron chi connectivity index (χ3n) is 5.52. The van der Waals surface area contributed by atoms with Gasteiger partial charge in [-0.2, -0.15) is 0 Å². The zero-order valence-corrected chi connectivity index (χ0v) is 21.2. The minimum atomic E-state index is -4.20. The Hall–Kier alpha value is -3.55. The van der Waals surface area contributed by atoms with Gasteiger partial charge in [-0.15, -0.1) is 0 Å². The number of nitrogens with one attached hydrogen (secondary N) is 2. The van der Waals surface area contributed by atoms with Crippen molar-refractivity contribution in [2.24, 2.45) is 0 Å². The van der Waals surface area contributed by atoms with Crippen LogP contribution in [-0.2, 0) is 35.6 Å². The molecule has 0 radical (unpaired) electrons. The van der Waals surface area contributed by atoms with E-state index in [1.165, 1.54) is 37.3 Å². The number of sulfonamides is 1. The van der Waals surface area contributed by atoms with Crippen LogP contribution < -0.4 is 14.8 Å². The number of hydrogen-bond donors (Lipinski definition) is 2. The molecule has 11 nitrogen and oxygen atoms in total. The van der Waals surface area contributed by atoms with Crippen LogP contribution in [-0.4, -0.2) is 54.9 Å². The molecule has 198 valence electrons.